The van der Waals surface area contributed by atoms with Crippen molar-refractivity contribution in [3.8, 4) is 0 Å². The highest BCUT2D eigenvalue weighted by atomic mass is 16.5. The second-order valence-corrected chi connectivity index (χ2v) is 3.45. The molecule has 6 nitrogen and oxygen atoms in total. The van der Waals surface area contributed by atoms with Crippen LogP contribution in [0.5, 0.6) is 0 Å². The summed E-state index contributed by atoms with van der Waals surface area (Å²) in [5.41, 5.74) is 0. The van der Waals surface area contributed by atoms with Crippen LogP contribution in [0.3, 0.4) is 0 Å². The summed E-state index contributed by atoms with van der Waals surface area (Å²) < 4.78 is 9.65. The van der Waals surface area contributed by atoms with Crippen molar-refractivity contribution in [3.63, 3.8) is 0 Å². The fourth-order valence-corrected chi connectivity index (χ4v) is 1.73. The van der Waals surface area contributed by atoms with Crippen molar-refractivity contribution in [2.24, 2.45) is 5.92 Å². The van der Waals surface area contributed by atoms with Crippen molar-refractivity contribution < 1.29 is 24.2 Å². The number of methoxy groups -OCH3 is 2. The summed E-state index contributed by atoms with van der Waals surface area (Å²) in [6.45, 7) is 0.432. The number of nitrogens with one attached hydrogen (secondary N) is 1. The molecule has 0 saturated carbocycles. The molecule has 1 aliphatic heterocycles. The maximum atomic E-state index is 11.4. The maximum Gasteiger partial charge on any atom is 0.321 e. The van der Waals surface area contributed by atoms with Gasteiger partial charge in [-0.25, -0.2) is 0 Å². The molecule has 1 heterocycles. The van der Waals surface area contributed by atoms with E-state index < -0.39 is 23.9 Å². The molecular weight excluding hydrogens is 202 g/mol. The van der Waals surface area contributed by atoms with Crippen molar-refractivity contribution in [3.05, 3.63) is 0 Å². The minimum Gasteiger partial charge on any atom is -0.480 e. The molecule has 1 rings (SSSR count). The van der Waals surface area contributed by atoms with E-state index in [9.17, 15) is 9.59 Å². The van der Waals surface area contributed by atoms with Crippen LogP contribution in [0.1, 0.15) is 6.42 Å². The minimum atomic E-state index is -1.04. The predicted molar refractivity (Wildman–Crippen MR) is 50.3 cm³/mol. The second-order valence-electron chi connectivity index (χ2n) is 3.45. The Morgan fingerprint density at radius 3 is 2.53 bits per heavy atom. The predicted octanol–water partition coefficient (Wildman–Crippen LogP) is -0.763. The highest BCUT2D eigenvalue weighted by Gasteiger charge is 2.39. The van der Waals surface area contributed by atoms with E-state index in [4.69, 9.17) is 9.84 Å². The van der Waals surface area contributed by atoms with E-state index in [1.807, 2.05) is 0 Å². The Labute approximate surface area is 87.5 Å². The number of esters is 1. The standard InChI is InChI=1S/C9H15NO5/c1-14-5-3-6(9(13)15-2)7(8(11)12)10-4-5/h5-7,10H,3-4H2,1-2H3,(H,11,12)/t5-,6-,7-/m0/s1. The molecule has 3 atom stereocenters. The molecule has 2 N–H and O–H groups in total. The van der Waals surface area contributed by atoms with Gasteiger partial charge in [-0.3, -0.25) is 9.59 Å². The van der Waals surface area contributed by atoms with E-state index in [2.05, 4.69) is 10.1 Å². The van der Waals surface area contributed by atoms with Crippen molar-refractivity contribution >= 4 is 11.9 Å². The van der Waals surface area contributed by atoms with Gasteiger partial charge in [-0.1, -0.05) is 0 Å². The fraction of sp³-hybridized carbons (Fsp3) is 0.778. The summed E-state index contributed by atoms with van der Waals surface area (Å²) in [5, 5.41) is 11.7. The summed E-state index contributed by atoms with van der Waals surface area (Å²) in [6, 6.07) is -0.885. The molecule has 6 heteroatoms. The van der Waals surface area contributed by atoms with Crippen molar-refractivity contribution in [2.75, 3.05) is 20.8 Å². The summed E-state index contributed by atoms with van der Waals surface area (Å²) >= 11 is 0. The van der Waals surface area contributed by atoms with Gasteiger partial charge in [-0.2, -0.15) is 0 Å². The van der Waals surface area contributed by atoms with E-state index in [0.717, 1.165) is 0 Å². The lowest BCUT2D eigenvalue weighted by Gasteiger charge is -2.32. The van der Waals surface area contributed by atoms with Crippen LogP contribution < -0.4 is 5.32 Å². The first-order chi connectivity index (χ1) is 7.10. The monoisotopic (exact) mass is 217 g/mol. The number of carboxylic acids is 1. The van der Waals surface area contributed by atoms with E-state index in [1.54, 1.807) is 0 Å². The number of carbonyl (C=O) groups is 2. The van der Waals surface area contributed by atoms with Gasteiger partial charge in [0.15, 0.2) is 0 Å². The van der Waals surface area contributed by atoms with Crippen LogP contribution in [-0.4, -0.2) is 50.0 Å². The number of carboxylic acid groups (broad SMARTS) is 1. The molecule has 0 aliphatic carbocycles. The molecule has 15 heavy (non-hydrogen) atoms. The Balaban J connectivity index is 2.73. The molecule has 86 valence electrons. The number of aliphatic carboxylic acids is 1. The Morgan fingerprint density at radius 1 is 1.40 bits per heavy atom. The molecule has 0 spiro atoms. The van der Waals surface area contributed by atoms with Crippen LogP contribution in [-0.2, 0) is 19.1 Å². The summed E-state index contributed by atoms with van der Waals surface area (Å²) in [5.74, 6) is -2.25. The lowest BCUT2D eigenvalue weighted by Crippen LogP contribution is -2.54. The number of hydrogen-bond acceptors (Lipinski definition) is 5. The van der Waals surface area contributed by atoms with Crippen LogP contribution in [0.4, 0.5) is 0 Å². The average molecular weight is 217 g/mol. The van der Waals surface area contributed by atoms with Crippen LogP contribution in [0.25, 0.3) is 0 Å². The van der Waals surface area contributed by atoms with Gasteiger partial charge in [0.2, 0.25) is 0 Å². The van der Waals surface area contributed by atoms with Gasteiger partial charge in [0.25, 0.3) is 0 Å². The van der Waals surface area contributed by atoms with Gasteiger partial charge in [0.05, 0.1) is 19.1 Å². The van der Waals surface area contributed by atoms with Crippen molar-refractivity contribution in [2.45, 2.75) is 18.6 Å². The first-order valence-corrected chi connectivity index (χ1v) is 4.67. The number of carbonyl (C=O) groups excluding carboxylic acids is 1. The third-order valence-corrected chi connectivity index (χ3v) is 2.59. The van der Waals surface area contributed by atoms with Gasteiger partial charge in [0, 0.05) is 13.7 Å². The van der Waals surface area contributed by atoms with Crippen LogP contribution in [0.15, 0.2) is 0 Å². The SMILES string of the molecule is COC(=O)[C@H]1C[C@H](OC)CN[C@@H]1C(=O)O. The number of rotatable bonds is 3. The summed E-state index contributed by atoms with van der Waals surface area (Å²) in [7, 11) is 2.78. The second kappa shape index (κ2) is 5.09. The van der Waals surface area contributed by atoms with E-state index in [1.165, 1.54) is 14.2 Å². The molecule has 1 fully saturated rings. The molecule has 0 bridgehead atoms. The molecule has 0 unspecified atom stereocenters. The van der Waals surface area contributed by atoms with Gasteiger partial charge in [-0.15, -0.1) is 0 Å². The Bertz CT molecular complexity index is 255. The van der Waals surface area contributed by atoms with Crippen LogP contribution in [0, 0.1) is 5.92 Å². The zero-order valence-electron chi connectivity index (χ0n) is 8.73. The highest BCUT2D eigenvalue weighted by Crippen LogP contribution is 2.20. The number of piperidine rings is 1. The molecule has 0 aromatic carbocycles. The number of ether oxygens (including phenoxy) is 2. The zero-order chi connectivity index (χ0) is 11.4. The molecule has 1 saturated heterocycles. The zero-order valence-corrected chi connectivity index (χ0v) is 8.73. The van der Waals surface area contributed by atoms with Gasteiger partial charge < -0.3 is 19.9 Å². The average Bonchev–Trinajstić information content (AvgIpc) is 2.26. The quantitative estimate of drug-likeness (QED) is 0.604. The summed E-state index contributed by atoms with van der Waals surface area (Å²) in [6.07, 6.45) is 0.220. The molecular formula is C9H15NO5. The summed E-state index contributed by atoms with van der Waals surface area (Å²) in [4.78, 5) is 22.2. The van der Waals surface area contributed by atoms with Gasteiger partial charge >= 0.3 is 11.9 Å². The molecule has 1 aliphatic rings. The van der Waals surface area contributed by atoms with Crippen molar-refractivity contribution in [1.29, 1.82) is 0 Å². The van der Waals surface area contributed by atoms with E-state index >= 15 is 0 Å². The maximum absolute atomic E-state index is 11.4. The molecule has 0 amide bonds. The first kappa shape index (κ1) is 11.9. The van der Waals surface area contributed by atoms with Gasteiger partial charge in [-0.05, 0) is 6.42 Å². The normalized spacial score (nSPS) is 30.9. The largest absolute Gasteiger partial charge is 0.480 e. The molecule has 0 aromatic heterocycles. The highest BCUT2D eigenvalue weighted by molar-refractivity contribution is 5.83. The first-order valence-electron chi connectivity index (χ1n) is 4.67. The molecule has 0 aromatic rings. The number of hydrogen-bond donors (Lipinski definition) is 2. The smallest absolute Gasteiger partial charge is 0.321 e. The lowest BCUT2D eigenvalue weighted by molar-refractivity contribution is -0.156. The van der Waals surface area contributed by atoms with E-state index in [-0.39, 0.29) is 6.10 Å². The topological polar surface area (TPSA) is 84.9 Å². The lowest BCUT2D eigenvalue weighted by atomic mass is 9.89. The van der Waals surface area contributed by atoms with Crippen molar-refractivity contribution in [1.82, 2.24) is 5.32 Å². The minimum absolute atomic E-state index is 0.148. The fourth-order valence-electron chi connectivity index (χ4n) is 1.73. The molecule has 0 radical (unpaired) electrons. The Morgan fingerprint density at radius 2 is 2.07 bits per heavy atom. The van der Waals surface area contributed by atoms with Gasteiger partial charge in [0.1, 0.15) is 6.04 Å². The van der Waals surface area contributed by atoms with Crippen LogP contribution in [0.2, 0.25) is 0 Å². The van der Waals surface area contributed by atoms with E-state index in [0.29, 0.717) is 13.0 Å². The Hall–Kier alpha value is -1.14. The third kappa shape index (κ3) is 2.66. The third-order valence-electron chi connectivity index (χ3n) is 2.59. The van der Waals surface area contributed by atoms with Crippen LogP contribution >= 0.6 is 0 Å². The Kier molecular flexibility index (Phi) is 4.05.